The molecular weight excluding hydrogens is 320 g/mol. The molecule has 0 aliphatic carbocycles. The van der Waals surface area contributed by atoms with Crippen LogP contribution in [-0.4, -0.2) is 29.8 Å². The second-order valence-electron chi connectivity index (χ2n) is 6.37. The second kappa shape index (κ2) is 8.92. The van der Waals surface area contributed by atoms with E-state index in [2.05, 4.69) is 10.3 Å². The molecule has 25 heavy (non-hydrogen) atoms. The normalized spacial score (nSPS) is 10.8. The first-order valence-corrected chi connectivity index (χ1v) is 8.14. The summed E-state index contributed by atoms with van der Waals surface area (Å²) >= 11 is 0. The summed E-state index contributed by atoms with van der Waals surface area (Å²) < 4.78 is 16.6. The zero-order chi connectivity index (χ0) is 18.1. The highest BCUT2D eigenvalue weighted by Crippen LogP contribution is 2.26. The van der Waals surface area contributed by atoms with Gasteiger partial charge in [-0.2, -0.15) is 0 Å². The lowest BCUT2D eigenvalue weighted by molar-refractivity contribution is 0.0520. The van der Waals surface area contributed by atoms with Gasteiger partial charge in [-0.15, -0.1) is 0 Å². The molecule has 1 aromatic carbocycles. The summed E-state index contributed by atoms with van der Waals surface area (Å²) in [5, 5.41) is 2.64. The third-order valence-electron chi connectivity index (χ3n) is 3.01. The molecule has 0 atom stereocenters. The Morgan fingerprint density at radius 3 is 2.56 bits per heavy atom. The molecule has 1 aromatic heterocycles. The Labute approximate surface area is 148 Å². The van der Waals surface area contributed by atoms with Crippen molar-refractivity contribution in [1.29, 1.82) is 0 Å². The summed E-state index contributed by atoms with van der Waals surface area (Å²) in [6.45, 7) is 6.50. The van der Waals surface area contributed by atoms with Crippen LogP contribution in [0.25, 0.3) is 0 Å². The van der Waals surface area contributed by atoms with Crippen LogP contribution in [0.1, 0.15) is 26.3 Å². The van der Waals surface area contributed by atoms with E-state index in [1.165, 1.54) is 0 Å². The lowest BCUT2D eigenvalue weighted by Crippen LogP contribution is -2.34. The first-order valence-electron chi connectivity index (χ1n) is 8.14. The Morgan fingerprint density at radius 1 is 1.08 bits per heavy atom. The molecule has 2 rings (SSSR count). The molecule has 2 aromatic rings. The van der Waals surface area contributed by atoms with E-state index in [9.17, 15) is 4.79 Å². The number of carbonyl (C=O) groups is 1. The minimum atomic E-state index is -0.519. The number of aromatic nitrogens is 1. The highest BCUT2D eigenvalue weighted by molar-refractivity contribution is 5.67. The van der Waals surface area contributed by atoms with Crippen molar-refractivity contribution in [2.75, 3.05) is 13.2 Å². The second-order valence-corrected chi connectivity index (χ2v) is 6.37. The van der Waals surface area contributed by atoms with Gasteiger partial charge in [-0.1, -0.05) is 30.3 Å². The van der Waals surface area contributed by atoms with Crippen molar-refractivity contribution in [3.05, 3.63) is 54.4 Å². The molecule has 0 aliphatic rings. The fourth-order valence-electron chi connectivity index (χ4n) is 1.96. The van der Waals surface area contributed by atoms with Crippen LogP contribution in [0, 0.1) is 0 Å². The van der Waals surface area contributed by atoms with E-state index in [-0.39, 0.29) is 0 Å². The number of carbonyl (C=O) groups excluding carboxylic acids is 1. The summed E-state index contributed by atoms with van der Waals surface area (Å²) in [5.74, 6) is 1.14. The Hall–Kier alpha value is -2.76. The van der Waals surface area contributed by atoms with E-state index in [1.54, 1.807) is 18.5 Å². The van der Waals surface area contributed by atoms with Gasteiger partial charge in [0.1, 0.15) is 18.8 Å². The molecular formula is C19H24N2O4. The third kappa shape index (κ3) is 7.12. The fourth-order valence-corrected chi connectivity index (χ4v) is 1.96. The Morgan fingerprint density at radius 2 is 1.84 bits per heavy atom. The number of amides is 1. The number of rotatable bonds is 7. The van der Waals surface area contributed by atoms with E-state index in [1.807, 2.05) is 51.1 Å². The van der Waals surface area contributed by atoms with E-state index in [0.29, 0.717) is 31.3 Å². The van der Waals surface area contributed by atoms with Crippen molar-refractivity contribution in [1.82, 2.24) is 10.3 Å². The molecule has 0 radical (unpaired) electrons. The highest BCUT2D eigenvalue weighted by atomic mass is 16.6. The van der Waals surface area contributed by atoms with Gasteiger partial charge in [0.2, 0.25) is 0 Å². The Kier molecular flexibility index (Phi) is 6.62. The van der Waals surface area contributed by atoms with Crippen LogP contribution in [0.15, 0.2) is 48.8 Å². The summed E-state index contributed by atoms with van der Waals surface area (Å²) in [4.78, 5) is 15.6. The fraction of sp³-hybridized carbons (Fsp3) is 0.368. The van der Waals surface area contributed by atoms with Crippen molar-refractivity contribution in [2.45, 2.75) is 33.0 Å². The molecule has 0 spiro atoms. The average molecular weight is 344 g/mol. The van der Waals surface area contributed by atoms with Gasteiger partial charge in [0.15, 0.2) is 11.5 Å². The predicted octanol–water partition coefficient (Wildman–Crippen LogP) is 3.56. The van der Waals surface area contributed by atoms with E-state index < -0.39 is 11.7 Å². The molecule has 6 heteroatoms. The molecule has 1 amide bonds. The van der Waals surface area contributed by atoms with Crippen LogP contribution in [0.5, 0.6) is 11.5 Å². The van der Waals surface area contributed by atoms with Gasteiger partial charge >= 0.3 is 6.09 Å². The zero-order valence-corrected chi connectivity index (χ0v) is 14.8. The van der Waals surface area contributed by atoms with Gasteiger partial charge in [-0.05, 0) is 26.3 Å². The van der Waals surface area contributed by atoms with E-state index in [0.717, 1.165) is 5.56 Å². The van der Waals surface area contributed by atoms with Crippen LogP contribution in [-0.2, 0) is 11.3 Å². The molecule has 6 nitrogen and oxygen atoms in total. The number of pyridine rings is 1. The van der Waals surface area contributed by atoms with Crippen molar-refractivity contribution in [2.24, 2.45) is 0 Å². The lowest BCUT2D eigenvalue weighted by Gasteiger charge is -2.19. The van der Waals surface area contributed by atoms with Crippen molar-refractivity contribution in [3.63, 3.8) is 0 Å². The van der Waals surface area contributed by atoms with Crippen LogP contribution < -0.4 is 14.8 Å². The third-order valence-corrected chi connectivity index (χ3v) is 3.01. The van der Waals surface area contributed by atoms with Gasteiger partial charge in [0.05, 0.1) is 12.7 Å². The number of nitrogens with zero attached hydrogens (tertiary/aromatic N) is 1. The van der Waals surface area contributed by atoms with Crippen molar-refractivity contribution in [3.8, 4) is 11.5 Å². The summed E-state index contributed by atoms with van der Waals surface area (Å²) in [7, 11) is 0. The number of ether oxygens (including phenoxy) is 3. The molecule has 1 heterocycles. The van der Waals surface area contributed by atoms with Crippen LogP contribution >= 0.6 is 0 Å². The minimum absolute atomic E-state index is 0.297. The SMILES string of the molecule is CC(C)(C)OC(=O)NCCOc1ccncc1OCc1ccccc1. The predicted molar refractivity (Wildman–Crippen MR) is 94.7 cm³/mol. The number of alkyl carbamates (subject to hydrolysis) is 1. The maximum absolute atomic E-state index is 11.6. The maximum atomic E-state index is 11.6. The topological polar surface area (TPSA) is 69.7 Å². The van der Waals surface area contributed by atoms with Crippen LogP contribution in [0.2, 0.25) is 0 Å². The highest BCUT2D eigenvalue weighted by Gasteiger charge is 2.15. The molecule has 0 saturated heterocycles. The van der Waals surface area contributed by atoms with E-state index >= 15 is 0 Å². The van der Waals surface area contributed by atoms with Crippen LogP contribution in [0.3, 0.4) is 0 Å². The quantitative estimate of drug-likeness (QED) is 0.778. The standard InChI is InChI=1S/C19H24N2O4/c1-19(2,3)25-18(22)21-11-12-23-16-9-10-20-13-17(16)24-14-15-7-5-4-6-8-15/h4-10,13H,11-12,14H2,1-3H3,(H,21,22). The molecule has 0 fully saturated rings. The first-order chi connectivity index (χ1) is 11.9. The number of hydrogen-bond acceptors (Lipinski definition) is 5. The van der Waals surface area contributed by atoms with E-state index in [4.69, 9.17) is 14.2 Å². The zero-order valence-electron chi connectivity index (χ0n) is 14.8. The lowest BCUT2D eigenvalue weighted by atomic mass is 10.2. The summed E-state index contributed by atoms with van der Waals surface area (Å²) in [6.07, 6.45) is 2.78. The van der Waals surface area contributed by atoms with Gasteiger partial charge in [-0.3, -0.25) is 4.98 Å². The molecule has 0 unspecified atom stereocenters. The molecule has 0 bridgehead atoms. The number of benzene rings is 1. The average Bonchev–Trinajstić information content (AvgIpc) is 2.57. The smallest absolute Gasteiger partial charge is 0.407 e. The molecule has 134 valence electrons. The minimum Gasteiger partial charge on any atom is -0.488 e. The number of hydrogen-bond donors (Lipinski definition) is 1. The molecule has 0 aliphatic heterocycles. The molecule has 1 N–H and O–H groups in total. The number of nitrogens with one attached hydrogen (secondary N) is 1. The Bertz CT molecular complexity index is 669. The maximum Gasteiger partial charge on any atom is 0.407 e. The van der Waals surface area contributed by atoms with Crippen molar-refractivity contribution < 1.29 is 19.0 Å². The van der Waals surface area contributed by atoms with Gasteiger partial charge in [0.25, 0.3) is 0 Å². The first kappa shape index (κ1) is 18.6. The molecule has 0 saturated carbocycles. The summed E-state index contributed by atoms with van der Waals surface area (Å²) in [5.41, 5.74) is 0.540. The largest absolute Gasteiger partial charge is 0.488 e. The summed E-state index contributed by atoms with van der Waals surface area (Å²) in [6, 6.07) is 11.6. The van der Waals surface area contributed by atoms with Crippen LogP contribution in [0.4, 0.5) is 4.79 Å². The van der Waals surface area contributed by atoms with Crippen molar-refractivity contribution >= 4 is 6.09 Å². The monoisotopic (exact) mass is 344 g/mol. The van der Waals surface area contributed by atoms with Gasteiger partial charge < -0.3 is 19.5 Å². The Balaban J connectivity index is 1.79. The van der Waals surface area contributed by atoms with Gasteiger partial charge in [0, 0.05) is 12.3 Å². The van der Waals surface area contributed by atoms with Gasteiger partial charge in [-0.25, -0.2) is 4.79 Å².